The van der Waals surface area contributed by atoms with Crippen molar-refractivity contribution in [1.29, 1.82) is 0 Å². The zero-order chi connectivity index (χ0) is 14.3. The highest BCUT2D eigenvalue weighted by molar-refractivity contribution is 5.72. The zero-order valence-corrected chi connectivity index (χ0v) is 12.5. The second-order valence-corrected chi connectivity index (χ2v) is 5.77. The van der Waals surface area contributed by atoms with Crippen LogP contribution in [0, 0.1) is 0 Å². The zero-order valence-electron chi connectivity index (χ0n) is 12.5. The highest BCUT2D eigenvalue weighted by Crippen LogP contribution is 2.18. The van der Waals surface area contributed by atoms with Crippen molar-refractivity contribution in [3.63, 3.8) is 0 Å². The van der Waals surface area contributed by atoms with E-state index in [4.69, 9.17) is 4.74 Å². The molecule has 3 nitrogen and oxygen atoms in total. The first-order valence-electron chi connectivity index (χ1n) is 7.79. The van der Waals surface area contributed by atoms with Gasteiger partial charge in [0.15, 0.2) is 0 Å². The molecule has 1 saturated heterocycles. The quantitative estimate of drug-likeness (QED) is 0.590. The molecule has 0 unspecified atom stereocenters. The summed E-state index contributed by atoms with van der Waals surface area (Å²) in [5.74, 6) is -0.109. The largest absolute Gasteiger partial charge is 0.459 e. The molecule has 2 rings (SSSR count). The number of benzene rings is 1. The van der Waals surface area contributed by atoms with Gasteiger partial charge >= 0.3 is 5.97 Å². The Morgan fingerprint density at radius 3 is 2.50 bits per heavy atom. The van der Waals surface area contributed by atoms with Crippen LogP contribution in [0.2, 0.25) is 0 Å². The Morgan fingerprint density at radius 1 is 1.15 bits per heavy atom. The van der Waals surface area contributed by atoms with Crippen molar-refractivity contribution in [1.82, 2.24) is 0 Å². The molecule has 0 bridgehead atoms. The summed E-state index contributed by atoms with van der Waals surface area (Å²) in [5.41, 5.74) is 1.02. The number of likely N-dealkylation sites (N-methyl/N-ethyl adjacent to an activating group) is 1. The van der Waals surface area contributed by atoms with Crippen molar-refractivity contribution < 1.29 is 14.0 Å². The summed E-state index contributed by atoms with van der Waals surface area (Å²) in [4.78, 5) is 11.8. The number of hydrogen-bond acceptors (Lipinski definition) is 2. The van der Waals surface area contributed by atoms with Crippen LogP contribution in [0.1, 0.15) is 31.7 Å². The van der Waals surface area contributed by atoms with Crippen LogP contribution in [0.3, 0.4) is 0 Å². The van der Waals surface area contributed by atoms with Gasteiger partial charge in [0.1, 0.15) is 13.2 Å². The summed E-state index contributed by atoms with van der Waals surface area (Å²) in [5, 5.41) is 0. The molecule has 1 aromatic rings. The van der Waals surface area contributed by atoms with Crippen molar-refractivity contribution in [3.05, 3.63) is 35.9 Å². The number of rotatable bonds is 6. The van der Waals surface area contributed by atoms with Crippen molar-refractivity contribution in [3.8, 4) is 0 Å². The highest BCUT2D eigenvalue weighted by atomic mass is 16.5. The summed E-state index contributed by atoms with van der Waals surface area (Å²) in [6.07, 6.45) is 4.36. The lowest BCUT2D eigenvalue weighted by atomic mass is 10.1. The van der Waals surface area contributed by atoms with Crippen LogP contribution in [-0.2, 0) is 16.0 Å². The lowest BCUT2D eigenvalue weighted by Crippen LogP contribution is -2.53. The van der Waals surface area contributed by atoms with Gasteiger partial charge in [-0.3, -0.25) is 4.79 Å². The Morgan fingerprint density at radius 2 is 1.85 bits per heavy atom. The number of nitrogens with zero attached hydrogens (tertiary/aromatic N) is 1. The molecular weight excluding hydrogens is 250 g/mol. The average molecular weight is 276 g/mol. The van der Waals surface area contributed by atoms with E-state index in [1.54, 1.807) is 0 Å². The van der Waals surface area contributed by atoms with E-state index in [2.05, 4.69) is 6.92 Å². The van der Waals surface area contributed by atoms with E-state index < -0.39 is 0 Å². The molecule has 0 aliphatic carbocycles. The van der Waals surface area contributed by atoms with Gasteiger partial charge in [0, 0.05) is 0 Å². The standard InChI is InChI=1S/C17H26NO2/c1-2-18(11-7-4-8-12-18)13-14-20-17(19)15-16-9-5-3-6-10-16/h3,5-6,9-10H,2,4,7-8,11-15H2,1H3/q+1. The molecule has 1 aliphatic rings. The number of quaternary nitrogens is 1. The van der Waals surface area contributed by atoms with Crippen LogP contribution >= 0.6 is 0 Å². The Labute approximate surface area is 122 Å². The Kier molecular flexibility index (Phi) is 5.60. The molecule has 1 fully saturated rings. The number of likely N-dealkylation sites (tertiary alicyclic amines) is 1. The summed E-state index contributed by atoms with van der Waals surface area (Å²) in [7, 11) is 0. The van der Waals surface area contributed by atoms with Crippen molar-refractivity contribution in [2.75, 3.05) is 32.8 Å². The smallest absolute Gasteiger partial charge is 0.310 e. The SMILES string of the molecule is CC[N+]1(CCOC(=O)Cc2ccccc2)CCCCC1. The van der Waals surface area contributed by atoms with E-state index in [1.807, 2.05) is 30.3 Å². The summed E-state index contributed by atoms with van der Waals surface area (Å²) in [6, 6.07) is 9.79. The molecule has 1 aromatic carbocycles. The molecule has 1 heterocycles. The number of carbonyl (C=O) groups excluding carboxylic acids is 1. The van der Waals surface area contributed by atoms with Gasteiger partial charge in [-0.15, -0.1) is 0 Å². The molecule has 0 radical (unpaired) electrons. The maximum Gasteiger partial charge on any atom is 0.310 e. The Hall–Kier alpha value is -1.35. The van der Waals surface area contributed by atoms with Gasteiger partial charge in [0.25, 0.3) is 0 Å². The van der Waals surface area contributed by atoms with Gasteiger partial charge < -0.3 is 9.22 Å². The first kappa shape index (κ1) is 15.0. The van der Waals surface area contributed by atoms with Gasteiger partial charge in [-0.1, -0.05) is 30.3 Å². The normalized spacial score (nSPS) is 17.6. The van der Waals surface area contributed by atoms with Crippen LogP contribution in [-0.4, -0.2) is 43.2 Å². The van der Waals surface area contributed by atoms with Crippen molar-refractivity contribution in [2.24, 2.45) is 0 Å². The molecule has 1 aliphatic heterocycles. The number of ether oxygens (including phenoxy) is 1. The number of piperidine rings is 1. The predicted molar refractivity (Wildman–Crippen MR) is 80.4 cm³/mol. The van der Waals surface area contributed by atoms with E-state index in [0.717, 1.165) is 23.1 Å². The topological polar surface area (TPSA) is 26.3 Å². The van der Waals surface area contributed by atoms with Gasteiger partial charge in [0.05, 0.1) is 26.1 Å². The third kappa shape index (κ3) is 4.34. The third-order valence-corrected chi connectivity index (χ3v) is 4.46. The van der Waals surface area contributed by atoms with E-state index in [1.165, 1.54) is 32.4 Å². The molecule has 0 amide bonds. The van der Waals surface area contributed by atoms with E-state index in [-0.39, 0.29) is 5.97 Å². The molecule has 20 heavy (non-hydrogen) atoms. The number of esters is 1. The second kappa shape index (κ2) is 7.44. The molecule has 0 saturated carbocycles. The summed E-state index contributed by atoms with van der Waals surface area (Å²) < 4.78 is 6.54. The number of carbonyl (C=O) groups is 1. The molecule has 0 N–H and O–H groups in total. The van der Waals surface area contributed by atoms with Gasteiger partial charge in [-0.25, -0.2) is 0 Å². The predicted octanol–water partition coefficient (Wildman–Crippen LogP) is 2.79. The fraction of sp³-hybridized carbons (Fsp3) is 0.588. The molecular formula is C17H26NO2+. The summed E-state index contributed by atoms with van der Waals surface area (Å²) in [6.45, 7) is 7.41. The van der Waals surface area contributed by atoms with Crippen LogP contribution in [0.4, 0.5) is 0 Å². The molecule has 0 spiro atoms. The minimum Gasteiger partial charge on any atom is -0.459 e. The van der Waals surface area contributed by atoms with Crippen LogP contribution in [0.15, 0.2) is 30.3 Å². The third-order valence-electron chi connectivity index (χ3n) is 4.46. The lowest BCUT2D eigenvalue weighted by Gasteiger charge is -2.40. The van der Waals surface area contributed by atoms with Gasteiger partial charge in [-0.2, -0.15) is 0 Å². The Balaban J connectivity index is 1.73. The first-order valence-corrected chi connectivity index (χ1v) is 7.79. The van der Waals surface area contributed by atoms with E-state index >= 15 is 0 Å². The average Bonchev–Trinajstić information content (AvgIpc) is 2.49. The number of hydrogen-bond donors (Lipinski definition) is 0. The fourth-order valence-electron chi connectivity index (χ4n) is 3.05. The molecule has 0 aromatic heterocycles. The van der Waals surface area contributed by atoms with E-state index in [0.29, 0.717) is 13.0 Å². The van der Waals surface area contributed by atoms with Crippen LogP contribution in [0.5, 0.6) is 0 Å². The van der Waals surface area contributed by atoms with Crippen LogP contribution < -0.4 is 0 Å². The minimum absolute atomic E-state index is 0.109. The maximum atomic E-state index is 11.8. The van der Waals surface area contributed by atoms with Crippen molar-refractivity contribution in [2.45, 2.75) is 32.6 Å². The minimum atomic E-state index is -0.109. The highest BCUT2D eigenvalue weighted by Gasteiger charge is 2.27. The van der Waals surface area contributed by atoms with Crippen LogP contribution in [0.25, 0.3) is 0 Å². The fourth-order valence-corrected chi connectivity index (χ4v) is 3.05. The molecule has 3 heteroatoms. The maximum absolute atomic E-state index is 11.8. The van der Waals surface area contributed by atoms with Crippen molar-refractivity contribution >= 4 is 5.97 Å². The van der Waals surface area contributed by atoms with Gasteiger partial charge in [-0.05, 0) is 31.7 Å². The second-order valence-electron chi connectivity index (χ2n) is 5.77. The van der Waals surface area contributed by atoms with E-state index in [9.17, 15) is 4.79 Å². The van der Waals surface area contributed by atoms with Gasteiger partial charge in [0.2, 0.25) is 0 Å². The molecule has 0 atom stereocenters. The molecule has 110 valence electrons. The first-order chi connectivity index (χ1) is 9.74. The lowest BCUT2D eigenvalue weighted by molar-refractivity contribution is -0.930. The summed E-state index contributed by atoms with van der Waals surface area (Å²) >= 11 is 0. The Bertz CT molecular complexity index is 410. The monoisotopic (exact) mass is 276 g/mol.